The summed E-state index contributed by atoms with van der Waals surface area (Å²) < 4.78 is 11.2. The molecule has 0 aliphatic carbocycles. The average Bonchev–Trinajstić information content (AvgIpc) is 3.11. The van der Waals surface area contributed by atoms with Crippen LogP contribution in [0.5, 0.6) is 11.5 Å². The fraction of sp³-hybridized carbons (Fsp3) is 0.278. The number of ether oxygens (including phenoxy) is 2. The molecular formula is C18H19NO4S. The van der Waals surface area contributed by atoms with E-state index in [-0.39, 0.29) is 5.37 Å². The van der Waals surface area contributed by atoms with Crippen LogP contribution >= 0.6 is 11.8 Å². The van der Waals surface area contributed by atoms with E-state index in [1.165, 1.54) is 0 Å². The van der Waals surface area contributed by atoms with E-state index >= 15 is 0 Å². The van der Waals surface area contributed by atoms with Gasteiger partial charge in [0, 0.05) is 11.3 Å². The number of hydrogen-bond acceptors (Lipinski definition) is 5. The minimum absolute atomic E-state index is 0.0347. The molecule has 2 N–H and O–H groups in total. The van der Waals surface area contributed by atoms with Gasteiger partial charge in [-0.15, -0.1) is 11.8 Å². The Morgan fingerprint density at radius 3 is 2.75 bits per heavy atom. The Morgan fingerprint density at radius 1 is 1.29 bits per heavy atom. The predicted octanol–water partition coefficient (Wildman–Crippen LogP) is 3.06. The molecule has 1 fully saturated rings. The number of aliphatic carboxylic acids is 1. The van der Waals surface area contributed by atoms with Gasteiger partial charge < -0.3 is 14.6 Å². The second-order valence-electron chi connectivity index (χ2n) is 5.44. The van der Waals surface area contributed by atoms with Crippen LogP contribution in [0.15, 0.2) is 48.5 Å². The van der Waals surface area contributed by atoms with Crippen LogP contribution in [0.25, 0.3) is 0 Å². The van der Waals surface area contributed by atoms with E-state index in [1.807, 2.05) is 48.5 Å². The van der Waals surface area contributed by atoms with E-state index in [4.69, 9.17) is 14.6 Å². The van der Waals surface area contributed by atoms with Crippen LogP contribution < -0.4 is 14.8 Å². The van der Waals surface area contributed by atoms with Crippen molar-refractivity contribution < 1.29 is 19.4 Å². The van der Waals surface area contributed by atoms with Crippen molar-refractivity contribution in [2.75, 3.05) is 12.9 Å². The minimum atomic E-state index is -0.814. The van der Waals surface area contributed by atoms with E-state index in [2.05, 4.69) is 5.32 Å². The van der Waals surface area contributed by atoms with Crippen LogP contribution in [-0.2, 0) is 11.4 Å². The van der Waals surface area contributed by atoms with Crippen LogP contribution in [0.4, 0.5) is 0 Å². The molecule has 1 aliphatic rings. The summed E-state index contributed by atoms with van der Waals surface area (Å²) in [5.74, 6) is 1.30. The zero-order valence-electron chi connectivity index (χ0n) is 13.3. The Balaban J connectivity index is 1.74. The average molecular weight is 345 g/mol. The third-order valence-corrected chi connectivity index (χ3v) is 5.09. The highest BCUT2D eigenvalue weighted by molar-refractivity contribution is 7.99. The number of rotatable bonds is 6. The Labute approximate surface area is 145 Å². The number of nitrogens with one attached hydrogen (secondary N) is 1. The summed E-state index contributed by atoms with van der Waals surface area (Å²) in [6, 6.07) is 15.0. The maximum atomic E-state index is 11.1. The first-order valence-corrected chi connectivity index (χ1v) is 8.67. The van der Waals surface area contributed by atoms with Gasteiger partial charge in [-0.1, -0.05) is 24.3 Å². The van der Waals surface area contributed by atoms with Crippen molar-refractivity contribution in [1.82, 2.24) is 5.32 Å². The summed E-state index contributed by atoms with van der Waals surface area (Å²) in [6.45, 7) is 0.390. The second kappa shape index (κ2) is 7.59. The summed E-state index contributed by atoms with van der Waals surface area (Å²) in [4.78, 5) is 11.1. The van der Waals surface area contributed by atoms with Crippen LogP contribution in [0.3, 0.4) is 0 Å². The molecule has 0 bridgehead atoms. The maximum Gasteiger partial charge on any atom is 0.321 e. The predicted molar refractivity (Wildman–Crippen MR) is 93.5 cm³/mol. The number of para-hydroxylation sites is 1. The summed E-state index contributed by atoms with van der Waals surface area (Å²) in [6.07, 6.45) is 0. The van der Waals surface area contributed by atoms with Gasteiger partial charge in [0.05, 0.1) is 12.5 Å². The largest absolute Gasteiger partial charge is 0.496 e. The lowest BCUT2D eigenvalue weighted by Crippen LogP contribution is -2.33. The van der Waals surface area contributed by atoms with E-state index < -0.39 is 12.0 Å². The number of carboxylic acid groups (broad SMARTS) is 1. The number of hydrogen-bond donors (Lipinski definition) is 2. The van der Waals surface area contributed by atoms with E-state index in [9.17, 15) is 4.79 Å². The molecule has 3 rings (SSSR count). The van der Waals surface area contributed by atoms with Gasteiger partial charge in [-0.3, -0.25) is 10.1 Å². The molecule has 5 nitrogen and oxygen atoms in total. The standard InChI is InChI=1S/C18H19NO4S/c1-22-16-8-7-12(17-19-15(11-24-17)18(20)21)9-13(16)10-23-14-5-3-2-4-6-14/h2-9,15,17,19H,10-11H2,1H3,(H,20,21)/t15-,17-/m1/s1. The molecule has 0 unspecified atom stereocenters. The lowest BCUT2D eigenvalue weighted by Gasteiger charge is -2.16. The number of carbonyl (C=O) groups is 1. The molecule has 6 heteroatoms. The Morgan fingerprint density at radius 2 is 2.08 bits per heavy atom. The van der Waals surface area contributed by atoms with E-state index in [0.717, 1.165) is 22.6 Å². The van der Waals surface area contributed by atoms with Gasteiger partial charge >= 0.3 is 5.97 Å². The second-order valence-corrected chi connectivity index (χ2v) is 6.58. The molecular weight excluding hydrogens is 326 g/mol. The summed E-state index contributed by atoms with van der Waals surface area (Å²) in [5.41, 5.74) is 1.95. The summed E-state index contributed by atoms with van der Waals surface area (Å²) in [5, 5.41) is 12.2. The molecule has 2 atom stereocenters. The molecule has 2 aromatic rings. The van der Waals surface area contributed by atoms with Crippen molar-refractivity contribution in [2.24, 2.45) is 0 Å². The van der Waals surface area contributed by atoms with Crippen molar-refractivity contribution in [3.63, 3.8) is 0 Å². The van der Waals surface area contributed by atoms with Crippen LogP contribution in [0, 0.1) is 0 Å². The Hall–Kier alpha value is -2.18. The molecule has 0 spiro atoms. The van der Waals surface area contributed by atoms with Crippen LogP contribution in [-0.4, -0.2) is 30.0 Å². The molecule has 0 saturated carbocycles. The highest BCUT2D eigenvalue weighted by atomic mass is 32.2. The van der Waals surface area contributed by atoms with Gasteiger partial charge in [-0.05, 0) is 29.8 Å². The van der Waals surface area contributed by atoms with Crippen molar-refractivity contribution in [2.45, 2.75) is 18.0 Å². The third kappa shape index (κ3) is 3.83. The molecule has 24 heavy (non-hydrogen) atoms. The smallest absolute Gasteiger partial charge is 0.321 e. The first kappa shape index (κ1) is 16.7. The topological polar surface area (TPSA) is 67.8 Å². The van der Waals surface area contributed by atoms with Crippen LogP contribution in [0.2, 0.25) is 0 Å². The highest BCUT2D eigenvalue weighted by Gasteiger charge is 2.30. The zero-order valence-corrected chi connectivity index (χ0v) is 14.1. The Bertz CT molecular complexity index is 707. The molecule has 1 aliphatic heterocycles. The minimum Gasteiger partial charge on any atom is -0.496 e. The van der Waals surface area contributed by atoms with Crippen molar-refractivity contribution in [1.29, 1.82) is 0 Å². The Kier molecular flexibility index (Phi) is 5.27. The van der Waals surface area contributed by atoms with Crippen LogP contribution in [0.1, 0.15) is 16.5 Å². The molecule has 1 saturated heterocycles. The van der Waals surface area contributed by atoms with Crippen molar-refractivity contribution >= 4 is 17.7 Å². The van der Waals surface area contributed by atoms with Gasteiger partial charge in [-0.2, -0.15) is 0 Å². The molecule has 1 heterocycles. The summed E-state index contributed by atoms with van der Waals surface area (Å²) >= 11 is 1.59. The first-order chi connectivity index (χ1) is 11.7. The van der Waals surface area contributed by atoms with Gasteiger partial charge in [0.2, 0.25) is 0 Å². The normalized spacial score (nSPS) is 19.9. The molecule has 126 valence electrons. The lowest BCUT2D eigenvalue weighted by molar-refractivity contribution is -0.138. The quantitative estimate of drug-likeness (QED) is 0.839. The molecule has 0 aromatic heterocycles. The maximum absolute atomic E-state index is 11.1. The highest BCUT2D eigenvalue weighted by Crippen LogP contribution is 2.35. The van der Waals surface area contributed by atoms with Crippen molar-refractivity contribution in [3.8, 4) is 11.5 Å². The monoisotopic (exact) mass is 345 g/mol. The molecule has 0 radical (unpaired) electrons. The first-order valence-electron chi connectivity index (χ1n) is 7.62. The fourth-order valence-corrected chi connectivity index (χ4v) is 3.78. The third-order valence-electron chi connectivity index (χ3n) is 3.82. The summed E-state index contributed by atoms with van der Waals surface area (Å²) in [7, 11) is 1.63. The molecule has 2 aromatic carbocycles. The van der Waals surface area contributed by atoms with Gasteiger partial charge in [0.15, 0.2) is 0 Å². The zero-order chi connectivity index (χ0) is 16.9. The van der Waals surface area contributed by atoms with Gasteiger partial charge in [0.25, 0.3) is 0 Å². The lowest BCUT2D eigenvalue weighted by atomic mass is 10.1. The number of methoxy groups -OCH3 is 1. The van der Waals surface area contributed by atoms with E-state index in [1.54, 1.807) is 18.9 Å². The molecule has 0 amide bonds. The number of benzene rings is 2. The van der Waals surface area contributed by atoms with Gasteiger partial charge in [-0.25, -0.2) is 0 Å². The fourth-order valence-electron chi connectivity index (χ4n) is 2.56. The number of carboxylic acids is 1. The SMILES string of the molecule is COc1ccc([C@@H]2N[C@@H](C(=O)O)CS2)cc1COc1ccccc1. The van der Waals surface area contributed by atoms with Gasteiger partial charge in [0.1, 0.15) is 24.1 Å². The van der Waals surface area contributed by atoms with E-state index in [0.29, 0.717) is 12.4 Å². The van der Waals surface area contributed by atoms with Crippen molar-refractivity contribution in [3.05, 3.63) is 59.7 Å². The number of thioether (sulfide) groups is 1.